The fourth-order valence-electron chi connectivity index (χ4n) is 2.37. The molecular formula is C19H31NO4. The summed E-state index contributed by atoms with van der Waals surface area (Å²) in [5.74, 6) is 0.0764. The van der Waals surface area contributed by atoms with Gasteiger partial charge < -0.3 is 15.2 Å². The van der Waals surface area contributed by atoms with Crippen LogP contribution >= 0.6 is 0 Å². The second-order valence-corrected chi connectivity index (χ2v) is 6.13. The first-order valence-corrected chi connectivity index (χ1v) is 8.64. The molecule has 1 amide bonds. The SMILES string of the molecule is CCC(CCCCc1ccccc1)OC(N)=O.C[C@@H]1OC(=O)[C@@H]1C.[HH]. The van der Waals surface area contributed by atoms with Crippen LogP contribution in [0, 0.1) is 5.92 Å². The second-order valence-electron chi connectivity index (χ2n) is 6.13. The van der Waals surface area contributed by atoms with Gasteiger partial charge in [0, 0.05) is 1.43 Å². The van der Waals surface area contributed by atoms with Gasteiger partial charge in [0.15, 0.2) is 0 Å². The average molecular weight is 337 g/mol. The third kappa shape index (κ3) is 7.49. The lowest BCUT2D eigenvalue weighted by Gasteiger charge is -2.28. The molecule has 0 spiro atoms. The Bertz CT molecular complexity index is 509. The zero-order chi connectivity index (χ0) is 17.9. The summed E-state index contributed by atoms with van der Waals surface area (Å²) in [5.41, 5.74) is 6.36. The van der Waals surface area contributed by atoms with E-state index in [0.717, 1.165) is 32.1 Å². The van der Waals surface area contributed by atoms with Gasteiger partial charge in [-0.3, -0.25) is 4.79 Å². The molecule has 5 nitrogen and oxygen atoms in total. The number of hydrogen-bond donors (Lipinski definition) is 1. The van der Waals surface area contributed by atoms with Crippen molar-refractivity contribution in [2.45, 2.75) is 65.1 Å². The number of benzene rings is 1. The van der Waals surface area contributed by atoms with Gasteiger partial charge in [-0.05, 0) is 51.5 Å². The van der Waals surface area contributed by atoms with E-state index in [1.54, 1.807) is 0 Å². The zero-order valence-corrected chi connectivity index (χ0v) is 14.9. The van der Waals surface area contributed by atoms with Crippen LogP contribution in [0.25, 0.3) is 0 Å². The van der Waals surface area contributed by atoms with Gasteiger partial charge in [-0.15, -0.1) is 0 Å². The van der Waals surface area contributed by atoms with Gasteiger partial charge in [0.2, 0.25) is 0 Å². The van der Waals surface area contributed by atoms with Crippen molar-refractivity contribution in [2.24, 2.45) is 11.7 Å². The summed E-state index contributed by atoms with van der Waals surface area (Å²) >= 11 is 0. The molecule has 3 atom stereocenters. The Morgan fingerprint density at radius 2 is 1.96 bits per heavy atom. The van der Waals surface area contributed by atoms with E-state index in [9.17, 15) is 9.59 Å². The number of rotatable bonds is 7. The van der Waals surface area contributed by atoms with Crippen molar-refractivity contribution in [2.75, 3.05) is 0 Å². The highest BCUT2D eigenvalue weighted by atomic mass is 16.6. The van der Waals surface area contributed by atoms with Crippen LogP contribution < -0.4 is 5.73 Å². The summed E-state index contributed by atoms with van der Waals surface area (Å²) in [6, 6.07) is 10.4. The monoisotopic (exact) mass is 337 g/mol. The number of carbonyl (C=O) groups is 2. The second kappa shape index (κ2) is 10.7. The third-order valence-electron chi connectivity index (χ3n) is 4.20. The van der Waals surface area contributed by atoms with E-state index < -0.39 is 6.09 Å². The van der Waals surface area contributed by atoms with Crippen LogP contribution in [-0.4, -0.2) is 24.3 Å². The van der Waals surface area contributed by atoms with E-state index >= 15 is 0 Å². The Hall–Kier alpha value is -2.04. The van der Waals surface area contributed by atoms with Crippen molar-refractivity contribution in [1.82, 2.24) is 0 Å². The average Bonchev–Trinajstić information content (AvgIpc) is 2.58. The first kappa shape index (κ1) is 20.0. The van der Waals surface area contributed by atoms with E-state index in [4.69, 9.17) is 10.5 Å². The van der Waals surface area contributed by atoms with E-state index in [0.29, 0.717) is 0 Å². The number of nitrogens with two attached hydrogens (primary N) is 1. The number of carbonyl (C=O) groups excluding carboxylic acids is 2. The summed E-state index contributed by atoms with van der Waals surface area (Å²) < 4.78 is 9.60. The van der Waals surface area contributed by atoms with Crippen LogP contribution in [0.4, 0.5) is 4.79 Å². The molecule has 24 heavy (non-hydrogen) atoms. The minimum atomic E-state index is -0.667. The minimum Gasteiger partial charge on any atom is -0.461 e. The van der Waals surface area contributed by atoms with Crippen molar-refractivity contribution < 1.29 is 20.5 Å². The molecule has 5 heteroatoms. The van der Waals surface area contributed by atoms with E-state index in [2.05, 4.69) is 29.0 Å². The number of amides is 1. The van der Waals surface area contributed by atoms with Crippen molar-refractivity contribution >= 4 is 12.1 Å². The number of primary amides is 1. The van der Waals surface area contributed by atoms with Crippen LogP contribution in [-0.2, 0) is 20.7 Å². The van der Waals surface area contributed by atoms with Crippen molar-refractivity contribution in [1.29, 1.82) is 0 Å². The Balaban J connectivity index is 0.000000603. The maximum Gasteiger partial charge on any atom is 0.404 e. The van der Waals surface area contributed by atoms with Crippen LogP contribution in [0.15, 0.2) is 30.3 Å². The van der Waals surface area contributed by atoms with Gasteiger partial charge in [0.1, 0.15) is 12.2 Å². The Morgan fingerprint density at radius 1 is 1.29 bits per heavy atom. The third-order valence-corrected chi connectivity index (χ3v) is 4.20. The number of hydrogen-bond acceptors (Lipinski definition) is 4. The van der Waals surface area contributed by atoms with E-state index in [1.807, 2.05) is 26.8 Å². The summed E-state index contributed by atoms with van der Waals surface area (Å²) in [7, 11) is 0. The highest BCUT2D eigenvalue weighted by Gasteiger charge is 2.34. The van der Waals surface area contributed by atoms with Crippen LogP contribution in [0.2, 0.25) is 0 Å². The smallest absolute Gasteiger partial charge is 0.404 e. The van der Waals surface area contributed by atoms with Gasteiger partial charge in [-0.25, -0.2) is 4.79 Å². The van der Waals surface area contributed by atoms with Gasteiger partial charge >= 0.3 is 12.1 Å². The number of esters is 1. The highest BCUT2D eigenvalue weighted by Crippen LogP contribution is 2.19. The molecule has 1 heterocycles. The Labute approximate surface area is 146 Å². The molecule has 0 aliphatic carbocycles. The van der Waals surface area contributed by atoms with Gasteiger partial charge in [-0.1, -0.05) is 37.3 Å². The molecule has 0 aromatic heterocycles. The van der Waals surface area contributed by atoms with Gasteiger partial charge in [0.25, 0.3) is 0 Å². The van der Waals surface area contributed by atoms with Gasteiger partial charge in [0.05, 0.1) is 5.92 Å². The molecule has 1 fully saturated rings. The summed E-state index contributed by atoms with van der Waals surface area (Å²) in [4.78, 5) is 20.8. The van der Waals surface area contributed by atoms with Crippen LogP contribution in [0.5, 0.6) is 0 Å². The predicted molar refractivity (Wildman–Crippen MR) is 95.6 cm³/mol. The Morgan fingerprint density at radius 3 is 2.38 bits per heavy atom. The normalized spacial score (nSPS) is 20.0. The number of unbranched alkanes of at least 4 members (excludes halogenated alkanes) is 1. The molecule has 1 aliphatic heterocycles. The standard InChI is InChI=1S/C14H21NO2.C5H8O2.H2/c1-2-13(17-14(15)16)11-7-6-10-12-8-4-3-5-9-12;1-3-4(2)7-5(3)6;/h3-5,8-9,13H,2,6-7,10-11H2,1H3,(H2,15,16);3-4H,1-2H3;1H/t;3-,4+;/m.1./s1. The maximum atomic E-state index is 10.6. The number of cyclic esters (lactones) is 1. The molecule has 1 aromatic rings. The van der Waals surface area contributed by atoms with E-state index in [1.165, 1.54) is 5.56 Å². The molecule has 0 radical (unpaired) electrons. The molecule has 1 unspecified atom stereocenters. The lowest BCUT2D eigenvalue weighted by Crippen LogP contribution is -2.40. The molecule has 1 aromatic carbocycles. The number of aryl methyl sites for hydroxylation is 1. The topological polar surface area (TPSA) is 78.6 Å². The minimum absolute atomic E-state index is 0. The predicted octanol–water partition coefficient (Wildman–Crippen LogP) is 4.09. The molecule has 1 saturated heterocycles. The quantitative estimate of drug-likeness (QED) is 0.600. The first-order valence-electron chi connectivity index (χ1n) is 8.64. The fraction of sp³-hybridized carbons (Fsp3) is 0.579. The fourth-order valence-corrected chi connectivity index (χ4v) is 2.37. The van der Waals surface area contributed by atoms with Crippen molar-refractivity contribution in [3.63, 3.8) is 0 Å². The van der Waals surface area contributed by atoms with Gasteiger partial charge in [-0.2, -0.15) is 0 Å². The lowest BCUT2D eigenvalue weighted by molar-refractivity contribution is -0.179. The van der Waals surface area contributed by atoms with Crippen LogP contribution in [0.1, 0.15) is 53.4 Å². The molecule has 136 valence electrons. The zero-order valence-electron chi connectivity index (χ0n) is 14.9. The molecule has 1 aliphatic rings. The van der Waals surface area contributed by atoms with Crippen LogP contribution in [0.3, 0.4) is 0 Å². The molecule has 0 bridgehead atoms. The molecular weight excluding hydrogens is 306 g/mol. The highest BCUT2D eigenvalue weighted by molar-refractivity contribution is 5.77. The summed E-state index contributed by atoms with van der Waals surface area (Å²) in [6.07, 6.45) is 4.44. The van der Waals surface area contributed by atoms with E-state index in [-0.39, 0.29) is 25.5 Å². The van der Waals surface area contributed by atoms with Crippen molar-refractivity contribution in [3.8, 4) is 0 Å². The summed E-state index contributed by atoms with van der Waals surface area (Å²) in [5, 5.41) is 0. The van der Waals surface area contributed by atoms with Crippen molar-refractivity contribution in [3.05, 3.63) is 35.9 Å². The Kier molecular flexibility index (Phi) is 8.90. The number of ether oxygens (including phenoxy) is 2. The summed E-state index contributed by atoms with van der Waals surface area (Å²) in [6.45, 7) is 5.77. The lowest BCUT2D eigenvalue weighted by atomic mass is 10.0. The first-order chi connectivity index (χ1) is 11.4. The molecule has 2 N–H and O–H groups in total. The molecule has 2 rings (SSSR count). The molecule has 0 saturated carbocycles. The largest absolute Gasteiger partial charge is 0.461 e. The maximum absolute atomic E-state index is 10.6.